The van der Waals surface area contributed by atoms with Crippen LogP contribution in [-0.2, 0) is 4.79 Å². The first kappa shape index (κ1) is 22.5. The van der Waals surface area contributed by atoms with Crippen molar-refractivity contribution in [2.45, 2.75) is 65.0 Å². The highest BCUT2D eigenvalue weighted by Crippen LogP contribution is 2.31. The van der Waals surface area contributed by atoms with Gasteiger partial charge in [0.2, 0.25) is 6.17 Å². The van der Waals surface area contributed by atoms with Crippen molar-refractivity contribution >= 4 is 33.6 Å². The zero-order chi connectivity index (χ0) is 21.7. The number of carbonyl (C=O) groups excluding carboxylic acids is 2. The van der Waals surface area contributed by atoms with E-state index in [1.807, 2.05) is 32.1 Å². The van der Waals surface area contributed by atoms with Gasteiger partial charge in [-0.15, -0.1) is 0 Å². The molecule has 0 radical (unpaired) electrons. The van der Waals surface area contributed by atoms with Crippen molar-refractivity contribution in [2.75, 3.05) is 7.05 Å². The van der Waals surface area contributed by atoms with Gasteiger partial charge < -0.3 is 15.5 Å². The maximum Gasteiger partial charge on any atom is 0.321 e. The molecule has 3 aliphatic rings. The SMILES string of the molecule is C/C=C\C1=C(C)N(C)C(=O)C(NC(=O)NC2=C(Br)C=CCC2)N=C1C1CCCCC1. The Morgan fingerprint density at radius 2 is 2.03 bits per heavy atom. The van der Waals surface area contributed by atoms with Crippen LogP contribution in [0.4, 0.5) is 4.79 Å². The molecular weight excluding hydrogens is 444 g/mol. The molecule has 1 aliphatic heterocycles. The van der Waals surface area contributed by atoms with Gasteiger partial charge in [-0.2, -0.15) is 0 Å². The van der Waals surface area contributed by atoms with Crippen LogP contribution in [0.1, 0.15) is 58.8 Å². The third-order valence-corrected chi connectivity index (χ3v) is 6.72. The molecule has 30 heavy (non-hydrogen) atoms. The van der Waals surface area contributed by atoms with Crippen LogP contribution in [0.25, 0.3) is 0 Å². The lowest BCUT2D eigenvalue weighted by atomic mass is 9.82. The van der Waals surface area contributed by atoms with Gasteiger partial charge in [-0.3, -0.25) is 9.79 Å². The summed E-state index contributed by atoms with van der Waals surface area (Å²) >= 11 is 3.47. The van der Waals surface area contributed by atoms with Gasteiger partial charge in [-0.25, -0.2) is 4.79 Å². The fourth-order valence-corrected chi connectivity index (χ4v) is 4.68. The average molecular weight is 475 g/mol. The molecule has 3 amide bonds. The summed E-state index contributed by atoms with van der Waals surface area (Å²) in [5.74, 6) is 0.0824. The summed E-state index contributed by atoms with van der Waals surface area (Å²) in [6.07, 6.45) is 14.4. The van der Waals surface area contributed by atoms with Crippen LogP contribution in [0, 0.1) is 5.92 Å². The molecule has 1 atom stereocenters. The molecule has 1 heterocycles. The van der Waals surface area contributed by atoms with E-state index in [1.54, 1.807) is 11.9 Å². The molecule has 3 rings (SSSR count). The number of carbonyl (C=O) groups is 2. The number of amides is 3. The Morgan fingerprint density at radius 3 is 2.70 bits per heavy atom. The third-order valence-electron chi connectivity index (χ3n) is 5.97. The van der Waals surface area contributed by atoms with Crippen molar-refractivity contribution in [1.29, 1.82) is 0 Å². The second-order valence-electron chi connectivity index (χ2n) is 8.01. The van der Waals surface area contributed by atoms with Crippen molar-refractivity contribution < 1.29 is 9.59 Å². The molecular formula is C23H31BrN4O2. The minimum Gasteiger partial charge on any atom is -0.315 e. The molecule has 0 saturated heterocycles. The maximum atomic E-state index is 13.1. The highest BCUT2D eigenvalue weighted by atomic mass is 79.9. The fraction of sp³-hybridized carbons (Fsp3) is 0.522. The van der Waals surface area contributed by atoms with E-state index < -0.39 is 12.2 Å². The lowest BCUT2D eigenvalue weighted by Crippen LogP contribution is -2.48. The minimum atomic E-state index is -0.942. The Morgan fingerprint density at radius 1 is 1.30 bits per heavy atom. The Bertz CT molecular complexity index is 847. The average Bonchev–Trinajstić information content (AvgIpc) is 2.83. The van der Waals surface area contributed by atoms with Crippen molar-refractivity contribution in [3.63, 3.8) is 0 Å². The van der Waals surface area contributed by atoms with Gasteiger partial charge in [-0.1, -0.05) is 43.6 Å². The topological polar surface area (TPSA) is 73.8 Å². The third kappa shape index (κ3) is 5.12. The number of hydrogen-bond acceptors (Lipinski definition) is 3. The summed E-state index contributed by atoms with van der Waals surface area (Å²) in [7, 11) is 1.75. The van der Waals surface area contributed by atoms with Gasteiger partial charge >= 0.3 is 6.03 Å². The molecule has 1 fully saturated rings. The lowest BCUT2D eigenvalue weighted by Gasteiger charge is -2.25. The van der Waals surface area contributed by atoms with Crippen LogP contribution in [-0.4, -0.2) is 35.8 Å². The van der Waals surface area contributed by atoms with E-state index in [0.717, 1.165) is 52.8 Å². The zero-order valence-electron chi connectivity index (χ0n) is 18.0. The van der Waals surface area contributed by atoms with Gasteiger partial charge in [0, 0.05) is 34.4 Å². The first-order valence-electron chi connectivity index (χ1n) is 10.7. The number of rotatable bonds is 4. The molecule has 2 N–H and O–H groups in total. The molecule has 0 aromatic heterocycles. The van der Waals surface area contributed by atoms with Crippen molar-refractivity contribution in [1.82, 2.24) is 15.5 Å². The predicted molar refractivity (Wildman–Crippen MR) is 124 cm³/mol. The highest BCUT2D eigenvalue weighted by molar-refractivity contribution is 9.11. The highest BCUT2D eigenvalue weighted by Gasteiger charge is 2.33. The van der Waals surface area contributed by atoms with Crippen LogP contribution in [0.5, 0.6) is 0 Å². The summed E-state index contributed by atoms with van der Waals surface area (Å²) in [5, 5.41) is 5.68. The lowest BCUT2D eigenvalue weighted by molar-refractivity contribution is -0.129. The Balaban J connectivity index is 1.89. The molecule has 7 heteroatoms. The molecule has 0 spiro atoms. The Kier molecular flexibility index (Phi) is 7.69. The predicted octanol–water partition coefficient (Wildman–Crippen LogP) is 4.91. The fourth-order valence-electron chi connectivity index (χ4n) is 4.20. The zero-order valence-corrected chi connectivity index (χ0v) is 19.6. The maximum absolute atomic E-state index is 13.1. The number of urea groups is 1. The number of likely N-dealkylation sites (N-methyl/N-ethyl adjacent to an activating group) is 1. The first-order chi connectivity index (χ1) is 14.4. The molecule has 162 valence electrons. The second kappa shape index (κ2) is 10.2. The van der Waals surface area contributed by atoms with Gasteiger partial charge in [-0.05, 0) is 55.5 Å². The Labute approximate surface area is 187 Å². The number of nitrogens with zero attached hydrogens (tertiary/aromatic N) is 2. The van der Waals surface area contributed by atoms with Gasteiger partial charge in [0.05, 0.1) is 5.71 Å². The number of allylic oxidation sites excluding steroid dienone is 8. The quantitative estimate of drug-likeness (QED) is 0.606. The van der Waals surface area contributed by atoms with E-state index in [2.05, 4.69) is 32.6 Å². The molecule has 2 aliphatic carbocycles. The monoisotopic (exact) mass is 474 g/mol. The van der Waals surface area contributed by atoms with Gasteiger partial charge in [0.15, 0.2) is 0 Å². The van der Waals surface area contributed by atoms with E-state index in [1.165, 1.54) is 19.3 Å². The van der Waals surface area contributed by atoms with Crippen molar-refractivity contribution in [3.8, 4) is 0 Å². The Hall–Kier alpha value is -2.15. The molecule has 0 aromatic carbocycles. The van der Waals surface area contributed by atoms with Crippen molar-refractivity contribution in [3.05, 3.63) is 45.8 Å². The summed E-state index contributed by atoms with van der Waals surface area (Å²) in [5.41, 5.74) is 3.61. The van der Waals surface area contributed by atoms with Crippen LogP contribution >= 0.6 is 15.9 Å². The molecule has 1 saturated carbocycles. The second-order valence-corrected chi connectivity index (χ2v) is 8.87. The molecule has 0 bridgehead atoms. The first-order valence-corrected chi connectivity index (χ1v) is 11.5. The summed E-state index contributed by atoms with van der Waals surface area (Å²) in [6, 6.07) is -0.414. The van der Waals surface area contributed by atoms with E-state index in [-0.39, 0.29) is 5.91 Å². The molecule has 6 nitrogen and oxygen atoms in total. The van der Waals surface area contributed by atoms with E-state index in [0.29, 0.717) is 5.92 Å². The number of aliphatic imine (C=N–C) groups is 1. The summed E-state index contributed by atoms with van der Waals surface area (Å²) in [6.45, 7) is 3.92. The number of nitrogens with one attached hydrogen (secondary N) is 2. The molecule has 0 aromatic rings. The van der Waals surface area contributed by atoms with E-state index >= 15 is 0 Å². The van der Waals surface area contributed by atoms with Crippen LogP contribution in [0.2, 0.25) is 0 Å². The number of halogens is 1. The van der Waals surface area contributed by atoms with Crippen LogP contribution < -0.4 is 10.6 Å². The smallest absolute Gasteiger partial charge is 0.315 e. The van der Waals surface area contributed by atoms with E-state index in [4.69, 9.17) is 4.99 Å². The van der Waals surface area contributed by atoms with Crippen molar-refractivity contribution in [2.24, 2.45) is 10.9 Å². The standard InChI is InChI=1S/C23H31BrN4O2/c1-4-10-17-15(2)28(3)22(29)21(26-20(17)16-11-6-5-7-12-16)27-23(30)25-19-14-9-8-13-18(19)24/h4,8,10,13,16,21H,5-7,9,11-12,14H2,1-3H3,(H2,25,27,30)/b10-4-. The van der Waals surface area contributed by atoms with E-state index in [9.17, 15) is 9.59 Å². The minimum absolute atomic E-state index is 0.230. The molecule has 1 unspecified atom stereocenters. The summed E-state index contributed by atoms with van der Waals surface area (Å²) < 4.78 is 0.854. The normalized spacial score (nSPS) is 23.7. The van der Waals surface area contributed by atoms with Gasteiger partial charge in [0.1, 0.15) is 0 Å². The largest absolute Gasteiger partial charge is 0.321 e. The van der Waals surface area contributed by atoms with Crippen LogP contribution in [0.15, 0.2) is 50.7 Å². The van der Waals surface area contributed by atoms with Crippen LogP contribution in [0.3, 0.4) is 0 Å². The summed E-state index contributed by atoms with van der Waals surface area (Å²) in [4.78, 5) is 32.2. The van der Waals surface area contributed by atoms with Gasteiger partial charge in [0.25, 0.3) is 5.91 Å². The number of hydrogen-bond donors (Lipinski definition) is 2.